The van der Waals surface area contributed by atoms with Gasteiger partial charge in [0.1, 0.15) is 12.1 Å². The first-order valence-corrected chi connectivity index (χ1v) is 11.0. The lowest BCUT2D eigenvalue weighted by Gasteiger charge is -2.32. The van der Waals surface area contributed by atoms with E-state index in [9.17, 15) is 4.79 Å². The lowest BCUT2D eigenvalue weighted by atomic mass is 9.93. The summed E-state index contributed by atoms with van der Waals surface area (Å²) in [6.07, 6.45) is 9.95. The van der Waals surface area contributed by atoms with Crippen LogP contribution in [-0.4, -0.2) is 38.8 Å². The Labute approximate surface area is 180 Å². The zero-order chi connectivity index (χ0) is 20.8. The van der Waals surface area contributed by atoms with Crippen molar-refractivity contribution in [3.05, 3.63) is 71.1 Å². The van der Waals surface area contributed by atoms with Crippen molar-refractivity contribution in [3.8, 4) is 0 Å². The van der Waals surface area contributed by atoms with Crippen molar-refractivity contribution in [1.29, 1.82) is 0 Å². The van der Waals surface area contributed by atoms with Gasteiger partial charge < -0.3 is 10.2 Å². The predicted octanol–water partition coefficient (Wildman–Crippen LogP) is 4.48. The number of hydrogen-bond acceptors (Lipinski definition) is 6. The van der Waals surface area contributed by atoms with Gasteiger partial charge in [0, 0.05) is 42.0 Å². The molecule has 7 heteroatoms. The minimum atomic E-state index is 0.0766. The second kappa shape index (κ2) is 9.63. The molecule has 1 N–H and O–H groups in total. The number of benzene rings is 1. The van der Waals surface area contributed by atoms with Crippen molar-refractivity contribution < 1.29 is 4.79 Å². The number of aromatic nitrogens is 3. The molecule has 0 radical (unpaired) electrons. The van der Waals surface area contributed by atoms with Gasteiger partial charge in [-0.1, -0.05) is 30.3 Å². The van der Waals surface area contributed by atoms with Gasteiger partial charge >= 0.3 is 0 Å². The number of carbonyl (C=O) groups is 1. The highest BCUT2D eigenvalue weighted by atomic mass is 32.1. The molecule has 2 aromatic heterocycles. The van der Waals surface area contributed by atoms with E-state index in [4.69, 9.17) is 0 Å². The van der Waals surface area contributed by atoms with E-state index >= 15 is 0 Å². The van der Waals surface area contributed by atoms with Crippen LogP contribution in [0.5, 0.6) is 0 Å². The van der Waals surface area contributed by atoms with Gasteiger partial charge in [-0.25, -0.2) is 15.0 Å². The zero-order valence-corrected chi connectivity index (χ0v) is 17.8. The van der Waals surface area contributed by atoms with E-state index in [1.54, 1.807) is 23.7 Å². The van der Waals surface area contributed by atoms with Crippen LogP contribution in [0.15, 0.2) is 55.0 Å². The molecule has 1 unspecified atom stereocenters. The lowest BCUT2D eigenvalue weighted by molar-refractivity contribution is -0.127. The number of amides is 1. The molecule has 1 amide bonds. The Bertz CT molecular complexity index is 1020. The van der Waals surface area contributed by atoms with E-state index in [0.717, 1.165) is 59.4 Å². The number of piperidine rings is 1. The molecule has 4 rings (SSSR count). The summed E-state index contributed by atoms with van der Waals surface area (Å²) in [5.74, 6) is 1.23. The van der Waals surface area contributed by atoms with Crippen molar-refractivity contribution in [3.63, 3.8) is 0 Å². The third-order valence-corrected chi connectivity index (χ3v) is 5.95. The Morgan fingerprint density at radius 3 is 2.93 bits per heavy atom. The maximum absolute atomic E-state index is 12.6. The summed E-state index contributed by atoms with van der Waals surface area (Å²) in [4.78, 5) is 28.8. The molecule has 1 saturated heterocycles. The van der Waals surface area contributed by atoms with Crippen molar-refractivity contribution in [1.82, 2.24) is 19.9 Å². The van der Waals surface area contributed by atoms with Gasteiger partial charge in [0.2, 0.25) is 5.91 Å². The molecule has 30 heavy (non-hydrogen) atoms. The highest BCUT2D eigenvalue weighted by molar-refractivity contribution is 7.15. The number of aryl methyl sites for hydroxylation is 1. The average Bonchev–Trinajstić information content (AvgIpc) is 3.17. The summed E-state index contributed by atoms with van der Waals surface area (Å²) in [5, 5.41) is 4.07. The number of carbonyl (C=O) groups excluding carboxylic acids is 1. The van der Waals surface area contributed by atoms with E-state index in [2.05, 4.69) is 20.3 Å². The number of rotatable bonds is 6. The molecule has 0 aliphatic carbocycles. The molecule has 1 atom stereocenters. The summed E-state index contributed by atoms with van der Waals surface area (Å²) in [6, 6.07) is 11.9. The normalized spacial score (nSPS) is 16.7. The Morgan fingerprint density at radius 1 is 1.27 bits per heavy atom. The Balaban J connectivity index is 1.35. The Hall–Kier alpha value is -3.06. The lowest BCUT2D eigenvalue weighted by Crippen LogP contribution is -2.39. The van der Waals surface area contributed by atoms with Crippen molar-refractivity contribution in [2.24, 2.45) is 5.92 Å². The fourth-order valence-electron chi connectivity index (χ4n) is 3.66. The molecule has 0 spiro atoms. The monoisotopic (exact) mass is 419 g/mol. The summed E-state index contributed by atoms with van der Waals surface area (Å²) < 4.78 is 0. The molecular weight excluding hydrogens is 394 g/mol. The topological polar surface area (TPSA) is 71.0 Å². The number of thiazole rings is 1. The molecule has 154 valence electrons. The standard InChI is InChI=1S/C23H25N5OS/c1-17-14-24-23(30-17)27-21-13-20(25-16-26-21)12-19-8-5-11-28(15-19)22(29)10-9-18-6-3-2-4-7-18/h2-4,6-7,9-10,13-14,16,19H,5,8,11-12,15H2,1H3,(H,24,25,26,27)/b10-9+. The number of nitrogens with zero attached hydrogens (tertiary/aromatic N) is 4. The highest BCUT2D eigenvalue weighted by Gasteiger charge is 2.23. The number of hydrogen-bond donors (Lipinski definition) is 1. The minimum Gasteiger partial charge on any atom is -0.339 e. The summed E-state index contributed by atoms with van der Waals surface area (Å²) in [6.45, 7) is 3.60. The van der Waals surface area contributed by atoms with Crippen molar-refractivity contribution >= 4 is 34.3 Å². The Morgan fingerprint density at radius 2 is 2.13 bits per heavy atom. The SMILES string of the molecule is Cc1cnc(Nc2cc(CC3CCCN(C(=O)/C=C/c4ccccc4)C3)ncn2)s1. The van der Waals surface area contributed by atoms with Gasteiger partial charge in [-0.2, -0.15) is 0 Å². The summed E-state index contributed by atoms with van der Waals surface area (Å²) >= 11 is 1.60. The van der Waals surface area contributed by atoms with Gasteiger partial charge in [0.25, 0.3) is 0 Å². The molecule has 3 aromatic rings. The van der Waals surface area contributed by atoms with Crippen LogP contribution in [0.4, 0.5) is 10.9 Å². The van der Waals surface area contributed by atoms with Gasteiger partial charge in [0.05, 0.1) is 0 Å². The van der Waals surface area contributed by atoms with E-state index in [-0.39, 0.29) is 5.91 Å². The predicted molar refractivity (Wildman–Crippen MR) is 121 cm³/mol. The molecular formula is C23H25N5OS. The van der Waals surface area contributed by atoms with Gasteiger partial charge in [-0.3, -0.25) is 4.79 Å². The van der Waals surface area contributed by atoms with Gasteiger partial charge in [0.15, 0.2) is 5.13 Å². The molecule has 0 saturated carbocycles. The first-order valence-electron chi connectivity index (χ1n) is 10.2. The molecule has 0 bridgehead atoms. The summed E-state index contributed by atoms with van der Waals surface area (Å²) in [5.41, 5.74) is 2.02. The number of likely N-dealkylation sites (tertiary alicyclic amines) is 1. The van der Waals surface area contributed by atoms with Crippen molar-refractivity contribution in [2.75, 3.05) is 18.4 Å². The zero-order valence-electron chi connectivity index (χ0n) is 17.0. The largest absolute Gasteiger partial charge is 0.339 e. The molecule has 3 heterocycles. The van der Waals surface area contributed by atoms with Crippen LogP contribution >= 0.6 is 11.3 Å². The highest BCUT2D eigenvalue weighted by Crippen LogP contribution is 2.23. The fourth-order valence-corrected chi connectivity index (χ4v) is 4.34. The smallest absolute Gasteiger partial charge is 0.246 e. The second-order valence-corrected chi connectivity index (χ2v) is 8.77. The third kappa shape index (κ3) is 5.51. The van der Waals surface area contributed by atoms with Crippen LogP contribution in [0.2, 0.25) is 0 Å². The van der Waals surface area contributed by atoms with E-state index in [1.807, 2.05) is 60.5 Å². The van der Waals surface area contributed by atoms with Crippen molar-refractivity contribution in [2.45, 2.75) is 26.2 Å². The maximum atomic E-state index is 12.6. The van der Waals surface area contributed by atoms with Crippen LogP contribution < -0.4 is 5.32 Å². The van der Waals surface area contributed by atoms with Crippen LogP contribution in [0, 0.1) is 12.8 Å². The fraction of sp³-hybridized carbons (Fsp3) is 0.304. The quantitative estimate of drug-likeness (QED) is 0.597. The minimum absolute atomic E-state index is 0.0766. The molecule has 1 aromatic carbocycles. The second-order valence-electron chi connectivity index (χ2n) is 7.54. The molecule has 1 fully saturated rings. The first-order chi connectivity index (χ1) is 14.7. The first kappa shape index (κ1) is 20.2. The molecule has 1 aliphatic heterocycles. The average molecular weight is 420 g/mol. The van der Waals surface area contributed by atoms with Crippen LogP contribution in [-0.2, 0) is 11.2 Å². The van der Waals surface area contributed by atoms with Crippen LogP contribution in [0.3, 0.4) is 0 Å². The van der Waals surface area contributed by atoms with E-state index in [0.29, 0.717) is 5.92 Å². The third-order valence-electron chi connectivity index (χ3n) is 5.13. The molecule has 1 aliphatic rings. The number of anilines is 2. The van der Waals surface area contributed by atoms with Crippen LogP contribution in [0.1, 0.15) is 29.0 Å². The van der Waals surface area contributed by atoms with Gasteiger partial charge in [-0.05, 0) is 43.7 Å². The Kier molecular flexibility index (Phi) is 6.49. The molecule has 6 nitrogen and oxygen atoms in total. The van der Waals surface area contributed by atoms with E-state index in [1.165, 1.54) is 0 Å². The van der Waals surface area contributed by atoms with Gasteiger partial charge in [-0.15, -0.1) is 11.3 Å². The maximum Gasteiger partial charge on any atom is 0.246 e. The summed E-state index contributed by atoms with van der Waals surface area (Å²) in [7, 11) is 0. The van der Waals surface area contributed by atoms with E-state index < -0.39 is 0 Å². The van der Waals surface area contributed by atoms with Crippen LogP contribution in [0.25, 0.3) is 6.08 Å². The number of nitrogens with one attached hydrogen (secondary N) is 1.